The Labute approximate surface area is 212 Å². The number of hydrogen-bond donors (Lipinski definition) is 1. The molecule has 5 heterocycles. The van der Waals surface area contributed by atoms with Crippen LogP contribution in [0.3, 0.4) is 0 Å². The van der Waals surface area contributed by atoms with E-state index in [1.807, 2.05) is 12.3 Å². The van der Waals surface area contributed by atoms with Crippen molar-refractivity contribution in [2.75, 3.05) is 51.9 Å². The number of carbonyl (C=O) groups is 1. The fraction of sp³-hybridized carbons (Fsp3) is 0.520. The minimum atomic E-state index is -2.86. The summed E-state index contributed by atoms with van der Waals surface area (Å²) in [4.78, 5) is 32.5. The Morgan fingerprint density at radius 1 is 1.24 bits per heavy atom. The number of fused-ring (bicyclic) bond motifs is 1. The summed E-state index contributed by atoms with van der Waals surface area (Å²) in [6.45, 7) is 2.24. The van der Waals surface area contributed by atoms with Gasteiger partial charge in [-0.15, -0.1) is 0 Å². The number of ether oxygens (including phenoxy) is 3. The predicted octanol–water partition coefficient (Wildman–Crippen LogP) is 3.25. The van der Waals surface area contributed by atoms with Gasteiger partial charge in [0.05, 0.1) is 32.2 Å². The molecule has 1 atom stereocenters. The topological polar surface area (TPSA) is 106 Å². The lowest BCUT2D eigenvalue weighted by Crippen LogP contribution is -2.58. The third-order valence-corrected chi connectivity index (χ3v) is 6.80. The first-order valence-corrected chi connectivity index (χ1v) is 12.2. The van der Waals surface area contributed by atoms with Gasteiger partial charge in [0.15, 0.2) is 0 Å². The van der Waals surface area contributed by atoms with Crippen LogP contribution in [0.4, 0.5) is 14.6 Å². The Balaban J connectivity index is 1.36. The monoisotopic (exact) mass is 516 g/mol. The SMILES string of the molecule is COC[C@@H](C)Oc1nc(C(=O)N2CC(F)(F)C2)cc(N2CCC(c3c[nH]c4nccc(OC)c34)CC2)n1. The van der Waals surface area contributed by atoms with Gasteiger partial charge in [-0.25, -0.2) is 13.8 Å². The molecule has 0 spiro atoms. The highest BCUT2D eigenvalue weighted by Crippen LogP contribution is 2.38. The lowest BCUT2D eigenvalue weighted by atomic mass is 9.89. The van der Waals surface area contributed by atoms with E-state index in [-0.39, 0.29) is 23.7 Å². The van der Waals surface area contributed by atoms with E-state index in [2.05, 4.69) is 24.8 Å². The molecule has 0 bridgehead atoms. The summed E-state index contributed by atoms with van der Waals surface area (Å²) in [5.74, 6) is -1.83. The van der Waals surface area contributed by atoms with Gasteiger partial charge >= 0.3 is 6.01 Å². The number of piperidine rings is 1. The summed E-state index contributed by atoms with van der Waals surface area (Å²) in [5.41, 5.74) is 1.99. The van der Waals surface area contributed by atoms with Crippen LogP contribution in [0, 0.1) is 0 Å². The Morgan fingerprint density at radius 2 is 2.00 bits per heavy atom. The first-order chi connectivity index (χ1) is 17.8. The van der Waals surface area contributed by atoms with Gasteiger partial charge in [-0.2, -0.15) is 9.97 Å². The average Bonchev–Trinajstić information content (AvgIpc) is 3.31. The molecule has 0 saturated carbocycles. The molecule has 3 aromatic rings. The molecule has 3 aromatic heterocycles. The maximum atomic E-state index is 13.4. The van der Waals surface area contributed by atoms with E-state index in [9.17, 15) is 13.6 Å². The summed E-state index contributed by atoms with van der Waals surface area (Å²) in [6, 6.07) is 3.44. The van der Waals surface area contributed by atoms with Crippen molar-refractivity contribution in [2.24, 2.45) is 0 Å². The summed E-state index contributed by atoms with van der Waals surface area (Å²) >= 11 is 0. The molecular weight excluding hydrogens is 486 g/mol. The predicted molar refractivity (Wildman–Crippen MR) is 132 cm³/mol. The van der Waals surface area contributed by atoms with Gasteiger partial charge in [-0.05, 0) is 37.3 Å². The summed E-state index contributed by atoms with van der Waals surface area (Å²) < 4.78 is 43.2. The number of alkyl halides is 2. The molecule has 2 aliphatic rings. The minimum Gasteiger partial charge on any atom is -0.496 e. The highest BCUT2D eigenvalue weighted by molar-refractivity contribution is 5.94. The maximum absolute atomic E-state index is 13.4. The Bertz CT molecular complexity index is 1270. The first kappa shape index (κ1) is 25.1. The molecule has 1 amide bonds. The van der Waals surface area contributed by atoms with Gasteiger partial charge < -0.3 is 29.0 Å². The van der Waals surface area contributed by atoms with Crippen LogP contribution in [0.5, 0.6) is 11.8 Å². The van der Waals surface area contributed by atoms with E-state index in [4.69, 9.17) is 14.2 Å². The van der Waals surface area contributed by atoms with Crippen LogP contribution < -0.4 is 14.4 Å². The van der Waals surface area contributed by atoms with E-state index in [0.717, 1.165) is 40.1 Å². The van der Waals surface area contributed by atoms with Gasteiger partial charge in [0.25, 0.3) is 11.8 Å². The molecule has 5 rings (SSSR count). The van der Waals surface area contributed by atoms with Crippen molar-refractivity contribution in [1.29, 1.82) is 0 Å². The molecule has 198 valence electrons. The maximum Gasteiger partial charge on any atom is 0.319 e. The second-order valence-electron chi connectivity index (χ2n) is 9.54. The van der Waals surface area contributed by atoms with Crippen LogP contribution in [0.1, 0.15) is 41.7 Å². The lowest BCUT2D eigenvalue weighted by Gasteiger charge is -2.38. The van der Waals surface area contributed by atoms with Crippen LogP contribution in [-0.4, -0.2) is 89.8 Å². The smallest absolute Gasteiger partial charge is 0.319 e. The number of carbonyl (C=O) groups excluding carboxylic acids is 1. The zero-order valence-electron chi connectivity index (χ0n) is 21.0. The zero-order valence-corrected chi connectivity index (χ0v) is 21.0. The number of nitrogens with zero attached hydrogens (tertiary/aromatic N) is 5. The van der Waals surface area contributed by atoms with Gasteiger partial charge in [-0.3, -0.25) is 4.79 Å². The molecule has 0 aliphatic carbocycles. The lowest BCUT2D eigenvalue weighted by molar-refractivity contribution is -0.113. The standard InChI is InChI=1S/C25H30F2N6O4/c1-15(12-35-2)37-24-30-18(23(34)33-13-25(26,27)14-33)10-20(31-24)32-8-5-16(6-9-32)17-11-29-22-21(17)19(36-3)4-7-28-22/h4,7,10-11,15-16H,5-6,8-9,12-14H2,1-3H3,(H,28,29)/t15-/m1/s1. The number of halogens is 2. The van der Waals surface area contributed by atoms with Gasteiger partial charge in [0, 0.05) is 38.7 Å². The van der Waals surface area contributed by atoms with E-state index in [1.54, 1.807) is 33.4 Å². The number of nitrogens with one attached hydrogen (secondary N) is 1. The largest absolute Gasteiger partial charge is 0.496 e. The summed E-state index contributed by atoms with van der Waals surface area (Å²) in [7, 11) is 3.20. The van der Waals surface area contributed by atoms with E-state index < -0.39 is 24.9 Å². The molecule has 0 radical (unpaired) electrons. The van der Waals surface area contributed by atoms with Gasteiger partial charge in [-0.1, -0.05) is 0 Å². The van der Waals surface area contributed by atoms with E-state index in [1.165, 1.54) is 0 Å². The third kappa shape index (κ3) is 5.15. The van der Waals surface area contributed by atoms with E-state index in [0.29, 0.717) is 25.5 Å². The number of pyridine rings is 1. The highest BCUT2D eigenvalue weighted by Gasteiger charge is 2.47. The number of likely N-dealkylation sites (tertiary alicyclic amines) is 1. The van der Waals surface area contributed by atoms with Crippen molar-refractivity contribution in [3.05, 3.63) is 35.8 Å². The average molecular weight is 517 g/mol. The molecule has 0 unspecified atom stereocenters. The normalized spacial score (nSPS) is 18.5. The van der Waals surface area contributed by atoms with Crippen molar-refractivity contribution in [1.82, 2.24) is 24.8 Å². The van der Waals surface area contributed by atoms with Crippen molar-refractivity contribution in [3.63, 3.8) is 0 Å². The van der Waals surface area contributed by atoms with Crippen molar-refractivity contribution < 1.29 is 27.8 Å². The van der Waals surface area contributed by atoms with E-state index >= 15 is 0 Å². The summed E-state index contributed by atoms with van der Waals surface area (Å²) in [6.07, 6.45) is 5.04. The Kier molecular flexibility index (Phi) is 6.84. The fourth-order valence-electron chi connectivity index (χ4n) is 4.97. The number of rotatable bonds is 8. The summed E-state index contributed by atoms with van der Waals surface area (Å²) in [5, 5.41) is 0.993. The number of amides is 1. The number of H-pyrrole nitrogens is 1. The van der Waals surface area contributed by atoms with Gasteiger partial charge in [0.1, 0.15) is 29.0 Å². The minimum absolute atomic E-state index is 0.0206. The molecule has 12 heteroatoms. The third-order valence-electron chi connectivity index (χ3n) is 6.80. The zero-order chi connectivity index (χ0) is 26.2. The second kappa shape index (κ2) is 10.1. The number of methoxy groups -OCH3 is 2. The van der Waals surface area contributed by atoms with Crippen LogP contribution in [-0.2, 0) is 4.74 Å². The van der Waals surface area contributed by atoms with Crippen LogP contribution in [0.25, 0.3) is 11.0 Å². The molecule has 2 saturated heterocycles. The molecule has 10 nitrogen and oxygen atoms in total. The quantitative estimate of drug-likeness (QED) is 0.487. The molecule has 1 N–H and O–H groups in total. The van der Waals surface area contributed by atoms with Gasteiger partial charge in [0.2, 0.25) is 0 Å². The second-order valence-corrected chi connectivity index (χ2v) is 9.54. The number of hydrogen-bond acceptors (Lipinski definition) is 8. The highest BCUT2D eigenvalue weighted by atomic mass is 19.3. The Morgan fingerprint density at radius 3 is 2.68 bits per heavy atom. The van der Waals surface area contributed by atoms with Crippen molar-refractivity contribution in [2.45, 2.75) is 37.7 Å². The fourth-order valence-corrected chi connectivity index (χ4v) is 4.97. The number of aromatic amines is 1. The molecule has 2 fully saturated rings. The van der Waals surface area contributed by atoms with Crippen molar-refractivity contribution in [3.8, 4) is 11.8 Å². The van der Waals surface area contributed by atoms with Crippen LogP contribution >= 0.6 is 0 Å². The van der Waals surface area contributed by atoms with Crippen LogP contribution in [0.2, 0.25) is 0 Å². The molecule has 2 aliphatic heterocycles. The molecular formula is C25H30F2N6O4. The molecule has 37 heavy (non-hydrogen) atoms. The number of aromatic nitrogens is 4. The number of anilines is 1. The Hall–Kier alpha value is -3.54. The first-order valence-electron chi connectivity index (χ1n) is 12.2. The van der Waals surface area contributed by atoms with Crippen molar-refractivity contribution >= 4 is 22.8 Å². The molecule has 0 aromatic carbocycles. The van der Waals surface area contributed by atoms with Crippen LogP contribution in [0.15, 0.2) is 24.5 Å².